The molecule has 1 saturated heterocycles. The zero-order valence-corrected chi connectivity index (χ0v) is 16.3. The lowest BCUT2D eigenvalue weighted by Crippen LogP contribution is -2.51. The van der Waals surface area contributed by atoms with Crippen molar-refractivity contribution >= 4 is 21.9 Å². The highest BCUT2D eigenvalue weighted by molar-refractivity contribution is 7.89. The zero-order valence-electron chi connectivity index (χ0n) is 15.4. The van der Waals surface area contributed by atoms with Crippen molar-refractivity contribution in [3.05, 3.63) is 17.1 Å². The number of piperazine rings is 1. The van der Waals surface area contributed by atoms with Crippen LogP contribution >= 0.6 is 0 Å². The smallest absolute Gasteiger partial charge is 0.342 e. The molecule has 0 saturated carbocycles. The summed E-state index contributed by atoms with van der Waals surface area (Å²) in [5, 5.41) is 0. The average molecular weight is 387 g/mol. The Kier molecular flexibility index (Phi) is 6.09. The Bertz CT molecular complexity index is 791. The van der Waals surface area contributed by atoms with Gasteiger partial charge < -0.3 is 19.8 Å². The molecule has 0 radical (unpaired) electrons. The molecule has 1 fully saturated rings. The molecule has 10 heteroatoms. The van der Waals surface area contributed by atoms with Gasteiger partial charge in [-0.2, -0.15) is 4.31 Å². The Balaban J connectivity index is 2.23. The number of hydrogen-bond donors (Lipinski definition) is 1. The number of esters is 1. The Labute approximate surface area is 153 Å². The molecule has 1 unspecified atom stereocenters. The number of methoxy groups -OCH3 is 1. The first-order valence-corrected chi connectivity index (χ1v) is 9.75. The van der Waals surface area contributed by atoms with E-state index in [9.17, 15) is 18.0 Å². The van der Waals surface area contributed by atoms with Crippen LogP contribution in [-0.4, -0.2) is 68.8 Å². The van der Waals surface area contributed by atoms with Crippen molar-refractivity contribution < 1.29 is 27.2 Å². The van der Waals surface area contributed by atoms with Crippen LogP contribution < -0.4 is 5.73 Å². The molecule has 2 N–H and O–H groups in total. The molecular weight excluding hydrogens is 362 g/mol. The number of carbonyl (C=O) groups excluding carboxylic acids is 2. The highest BCUT2D eigenvalue weighted by atomic mass is 32.2. The molecule has 2 rings (SSSR count). The number of amides is 1. The van der Waals surface area contributed by atoms with Gasteiger partial charge in [-0.15, -0.1) is 0 Å². The Morgan fingerprint density at radius 2 is 1.77 bits per heavy atom. The zero-order chi connectivity index (χ0) is 19.6. The summed E-state index contributed by atoms with van der Waals surface area (Å²) in [6, 6.07) is -0.247. The van der Waals surface area contributed by atoms with Crippen molar-refractivity contribution in [2.45, 2.75) is 38.1 Å². The molecule has 0 spiro atoms. The molecule has 0 aliphatic carbocycles. The molecule has 1 amide bonds. The van der Waals surface area contributed by atoms with Crippen molar-refractivity contribution in [2.75, 3.05) is 33.3 Å². The maximum atomic E-state index is 13.1. The quantitative estimate of drug-likeness (QED) is 0.719. The fraction of sp³-hybridized carbons (Fsp3) is 0.625. The van der Waals surface area contributed by atoms with Gasteiger partial charge in [0.2, 0.25) is 15.9 Å². The molecule has 1 aromatic heterocycles. The maximum Gasteiger partial charge on any atom is 0.342 e. The molecule has 2 heterocycles. The van der Waals surface area contributed by atoms with E-state index in [1.54, 1.807) is 11.8 Å². The van der Waals surface area contributed by atoms with Crippen molar-refractivity contribution in [1.82, 2.24) is 9.21 Å². The summed E-state index contributed by atoms with van der Waals surface area (Å²) in [5.41, 5.74) is 5.56. The number of nitrogens with two attached hydrogens (primary N) is 1. The standard InChI is InChI=1S/C16H25N3O6S/c1-10(17)9-13(20)18-5-7-19(8-6-18)26(22,23)15-12(3)25-11(2)14(15)16(21)24-4/h10H,5-9,17H2,1-4H3. The molecule has 1 aromatic rings. The number of ether oxygens (including phenoxy) is 1. The number of furan rings is 1. The second kappa shape index (κ2) is 7.77. The second-order valence-electron chi connectivity index (χ2n) is 6.38. The molecule has 0 aromatic carbocycles. The largest absolute Gasteiger partial charge is 0.465 e. The molecule has 146 valence electrons. The third-order valence-electron chi connectivity index (χ3n) is 4.28. The number of nitrogens with zero attached hydrogens (tertiary/aromatic N) is 2. The van der Waals surface area contributed by atoms with Gasteiger partial charge >= 0.3 is 5.97 Å². The number of hydrogen-bond acceptors (Lipinski definition) is 7. The summed E-state index contributed by atoms with van der Waals surface area (Å²) in [6.45, 7) is 5.58. The van der Waals surface area contributed by atoms with Gasteiger partial charge in [0.25, 0.3) is 0 Å². The van der Waals surface area contributed by atoms with E-state index in [0.717, 1.165) is 0 Å². The second-order valence-corrected chi connectivity index (χ2v) is 8.25. The highest BCUT2D eigenvalue weighted by Crippen LogP contribution is 2.30. The Morgan fingerprint density at radius 1 is 1.19 bits per heavy atom. The molecule has 26 heavy (non-hydrogen) atoms. The fourth-order valence-electron chi connectivity index (χ4n) is 3.02. The molecule has 0 bridgehead atoms. The Hall–Kier alpha value is -1.91. The van der Waals surface area contributed by atoms with Crippen LogP contribution in [0.3, 0.4) is 0 Å². The third kappa shape index (κ3) is 3.92. The van der Waals surface area contributed by atoms with Crippen LogP contribution in [0.4, 0.5) is 0 Å². The van der Waals surface area contributed by atoms with Crippen molar-refractivity contribution in [3.63, 3.8) is 0 Å². The molecule has 1 atom stereocenters. The van der Waals surface area contributed by atoms with E-state index < -0.39 is 16.0 Å². The lowest BCUT2D eigenvalue weighted by Gasteiger charge is -2.34. The Morgan fingerprint density at radius 3 is 2.27 bits per heavy atom. The van der Waals surface area contributed by atoms with Gasteiger partial charge in [-0.1, -0.05) is 0 Å². The predicted molar refractivity (Wildman–Crippen MR) is 93.1 cm³/mol. The normalized spacial score (nSPS) is 17.2. The van der Waals surface area contributed by atoms with Gasteiger partial charge in [-0.05, 0) is 20.8 Å². The van der Waals surface area contributed by atoms with Crippen LogP contribution in [0.15, 0.2) is 9.31 Å². The fourth-order valence-corrected chi connectivity index (χ4v) is 4.82. The average Bonchev–Trinajstić information content (AvgIpc) is 2.88. The maximum absolute atomic E-state index is 13.1. The molecule has 9 nitrogen and oxygen atoms in total. The SMILES string of the molecule is COC(=O)c1c(C)oc(C)c1S(=O)(=O)N1CCN(C(=O)CC(C)N)CC1. The number of sulfonamides is 1. The van der Waals surface area contributed by atoms with Crippen LogP contribution in [0, 0.1) is 13.8 Å². The minimum atomic E-state index is -3.95. The van der Waals surface area contributed by atoms with E-state index >= 15 is 0 Å². The summed E-state index contributed by atoms with van der Waals surface area (Å²) in [7, 11) is -2.77. The van der Waals surface area contributed by atoms with Crippen LogP contribution in [0.25, 0.3) is 0 Å². The topological polar surface area (TPSA) is 123 Å². The number of carbonyl (C=O) groups is 2. The summed E-state index contributed by atoms with van der Waals surface area (Å²) in [5.74, 6) is -0.525. The lowest BCUT2D eigenvalue weighted by atomic mass is 10.2. The monoisotopic (exact) mass is 387 g/mol. The number of rotatable bonds is 5. The summed E-state index contributed by atoms with van der Waals surface area (Å²) >= 11 is 0. The summed E-state index contributed by atoms with van der Waals surface area (Å²) < 4.78 is 37.4. The van der Waals surface area contributed by atoms with E-state index in [1.807, 2.05) is 0 Å². The van der Waals surface area contributed by atoms with E-state index in [4.69, 9.17) is 14.9 Å². The van der Waals surface area contributed by atoms with E-state index in [2.05, 4.69) is 0 Å². The van der Waals surface area contributed by atoms with Gasteiger partial charge in [0, 0.05) is 38.6 Å². The van der Waals surface area contributed by atoms with Crippen molar-refractivity contribution in [3.8, 4) is 0 Å². The first-order chi connectivity index (χ1) is 12.1. The highest BCUT2D eigenvalue weighted by Gasteiger charge is 2.37. The van der Waals surface area contributed by atoms with Crippen molar-refractivity contribution in [1.29, 1.82) is 0 Å². The van der Waals surface area contributed by atoms with Gasteiger partial charge in [0.05, 0.1) is 7.11 Å². The minimum Gasteiger partial charge on any atom is -0.465 e. The first kappa shape index (κ1) is 20.4. The number of aryl methyl sites for hydroxylation is 2. The van der Waals surface area contributed by atoms with Crippen LogP contribution in [-0.2, 0) is 19.6 Å². The molecular formula is C16H25N3O6S. The molecule has 1 aliphatic heterocycles. The van der Waals surface area contributed by atoms with E-state index in [-0.39, 0.29) is 66.5 Å². The van der Waals surface area contributed by atoms with Crippen LogP contribution in [0.1, 0.15) is 35.2 Å². The first-order valence-electron chi connectivity index (χ1n) is 8.31. The van der Waals surface area contributed by atoms with E-state index in [0.29, 0.717) is 0 Å². The van der Waals surface area contributed by atoms with Gasteiger partial charge in [-0.3, -0.25) is 4.79 Å². The molecule has 1 aliphatic rings. The van der Waals surface area contributed by atoms with Crippen LogP contribution in [0.2, 0.25) is 0 Å². The van der Waals surface area contributed by atoms with E-state index in [1.165, 1.54) is 25.3 Å². The summed E-state index contributed by atoms with van der Waals surface area (Å²) in [4.78, 5) is 25.5. The van der Waals surface area contributed by atoms with Gasteiger partial charge in [0.15, 0.2) is 0 Å². The minimum absolute atomic E-state index is 0.0829. The van der Waals surface area contributed by atoms with Crippen molar-refractivity contribution in [2.24, 2.45) is 5.73 Å². The lowest BCUT2D eigenvalue weighted by molar-refractivity contribution is -0.132. The van der Waals surface area contributed by atoms with Gasteiger partial charge in [-0.25, -0.2) is 13.2 Å². The predicted octanol–water partition coefficient (Wildman–Crippen LogP) is 0.253. The third-order valence-corrected chi connectivity index (χ3v) is 6.33. The summed E-state index contributed by atoms with van der Waals surface area (Å²) in [6.07, 6.45) is 0.222. The van der Waals surface area contributed by atoms with Gasteiger partial charge in [0.1, 0.15) is 22.0 Å². The van der Waals surface area contributed by atoms with Crippen LogP contribution in [0.5, 0.6) is 0 Å².